The molecule has 0 aromatic carbocycles. The highest BCUT2D eigenvalue weighted by atomic mass is 35.5. The van der Waals surface area contributed by atoms with Crippen molar-refractivity contribution in [1.29, 1.82) is 0 Å². The van der Waals surface area contributed by atoms with E-state index < -0.39 is 11.5 Å². The van der Waals surface area contributed by atoms with E-state index in [0.717, 1.165) is 6.07 Å². The Balaban J connectivity index is 2.95. The van der Waals surface area contributed by atoms with Crippen LogP contribution in [0.5, 0.6) is 0 Å². The van der Waals surface area contributed by atoms with Crippen LogP contribution in [0.2, 0.25) is 5.02 Å². The molecule has 0 unspecified atom stereocenters. The number of aromatic nitrogens is 2. The van der Waals surface area contributed by atoms with Crippen LogP contribution in [0.1, 0.15) is 0 Å². The largest absolute Gasteiger partial charge is 0.269 e. The summed E-state index contributed by atoms with van der Waals surface area (Å²) in [5.74, 6) is -0.785. The van der Waals surface area contributed by atoms with Gasteiger partial charge < -0.3 is 0 Å². The van der Waals surface area contributed by atoms with Crippen LogP contribution in [-0.4, -0.2) is 9.38 Å². The zero-order valence-corrected chi connectivity index (χ0v) is 7.12. The van der Waals surface area contributed by atoms with E-state index >= 15 is 0 Å². The number of fused-ring (bicyclic) bond motifs is 1. The molecular formula is C8H4ClFN2O. The minimum Gasteiger partial charge on any atom is -0.269 e. The Labute approximate surface area is 77.4 Å². The highest BCUT2D eigenvalue weighted by Gasteiger charge is 2.00. The van der Waals surface area contributed by atoms with Gasteiger partial charge in [0.25, 0.3) is 5.56 Å². The van der Waals surface area contributed by atoms with Crippen molar-refractivity contribution in [2.24, 2.45) is 0 Å². The first-order valence-corrected chi connectivity index (χ1v) is 3.89. The molecule has 0 saturated heterocycles. The van der Waals surface area contributed by atoms with Gasteiger partial charge in [-0.2, -0.15) is 4.39 Å². The van der Waals surface area contributed by atoms with Gasteiger partial charge in [0, 0.05) is 6.20 Å². The number of hydrogen-bond acceptors (Lipinski definition) is 2. The average Bonchev–Trinajstić information content (AvgIpc) is 2.06. The summed E-state index contributed by atoms with van der Waals surface area (Å²) in [6, 6.07) is 3.83. The highest BCUT2D eigenvalue weighted by molar-refractivity contribution is 6.30. The van der Waals surface area contributed by atoms with Crippen molar-refractivity contribution in [3.8, 4) is 0 Å². The normalized spacial score (nSPS) is 10.6. The number of nitrogens with zero attached hydrogens (tertiary/aromatic N) is 2. The molecular weight excluding hydrogens is 195 g/mol. The molecule has 5 heteroatoms. The zero-order chi connectivity index (χ0) is 9.42. The Morgan fingerprint density at radius 2 is 2.23 bits per heavy atom. The molecule has 0 aliphatic carbocycles. The molecule has 2 heterocycles. The van der Waals surface area contributed by atoms with Crippen LogP contribution < -0.4 is 5.56 Å². The van der Waals surface area contributed by atoms with Crippen molar-refractivity contribution in [1.82, 2.24) is 9.38 Å². The third-order valence-electron chi connectivity index (χ3n) is 1.59. The maximum Gasteiger partial charge on any atom is 0.260 e. The molecule has 0 saturated carbocycles. The first-order chi connectivity index (χ1) is 6.16. The molecule has 0 N–H and O–H groups in total. The van der Waals surface area contributed by atoms with E-state index in [-0.39, 0.29) is 5.65 Å². The van der Waals surface area contributed by atoms with Gasteiger partial charge in [0.1, 0.15) is 5.65 Å². The molecule has 66 valence electrons. The molecule has 0 fully saturated rings. The maximum atomic E-state index is 12.6. The van der Waals surface area contributed by atoms with E-state index in [4.69, 9.17) is 11.6 Å². The van der Waals surface area contributed by atoms with Gasteiger partial charge in [-0.25, -0.2) is 4.98 Å². The number of halogens is 2. The van der Waals surface area contributed by atoms with E-state index in [2.05, 4.69) is 4.98 Å². The lowest BCUT2D eigenvalue weighted by atomic mass is 10.4. The minimum absolute atomic E-state index is 0.245. The first kappa shape index (κ1) is 8.19. The lowest BCUT2D eigenvalue weighted by molar-refractivity contribution is 0.581. The monoisotopic (exact) mass is 198 g/mol. The lowest BCUT2D eigenvalue weighted by Gasteiger charge is -1.98. The molecule has 2 rings (SSSR count). The fraction of sp³-hybridized carbons (Fsp3) is 0. The topological polar surface area (TPSA) is 34.4 Å². The summed E-state index contributed by atoms with van der Waals surface area (Å²) in [5, 5.41) is 0.406. The number of rotatable bonds is 0. The van der Waals surface area contributed by atoms with E-state index in [0.29, 0.717) is 5.02 Å². The second-order valence-corrected chi connectivity index (χ2v) is 2.93. The molecule has 0 atom stereocenters. The Morgan fingerprint density at radius 3 is 3.00 bits per heavy atom. The minimum atomic E-state index is -0.785. The highest BCUT2D eigenvalue weighted by Crippen LogP contribution is 2.07. The van der Waals surface area contributed by atoms with Gasteiger partial charge in [0.2, 0.25) is 5.95 Å². The predicted octanol–water partition coefficient (Wildman–Crippen LogP) is 1.49. The summed E-state index contributed by atoms with van der Waals surface area (Å²) in [7, 11) is 0. The molecule has 3 nitrogen and oxygen atoms in total. The van der Waals surface area contributed by atoms with Crippen LogP contribution in [0.25, 0.3) is 5.65 Å². The van der Waals surface area contributed by atoms with Gasteiger partial charge in [-0.15, -0.1) is 0 Å². The fourth-order valence-electron chi connectivity index (χ4n) is 1.05. The van der Waals surface area contributed by atoms with Crippen LogP contribution in [0.3, 0.4) is 0 Å². The van der Waals surface area contributed by atoms with Crippen molar-refractivity contribution in [2.45, 2.75) is 0 Å². The molecule has 0 aliphatic heterocycles. The Kier molecular flexibility index (Phi) is 1.77. The second kappa shape index (κ2) is 2.81. The average molecular weight is 199 g/mol. The summed E-state index contributed by atoms with van der Waals surface area (Å²) < 4.78 is 13.8. The predicted molar refractivity (Wildman–Crippen MR) is 46.4 cm³/mol. The standard InChI is InChI=1S/C8H4ClFN2O/c9-5-1-2-7-11-6(10)3-8(13)12(7)4-5/h1-4H. The smallest absolute Gasteiger partial charge is 0.260 e. The molecule has 2 aromatic rings. The fourth-order valence-corrected chi connectivity index (χ4v) is 1.21. The van der Waals surface area contributed by atoms with Crippen LogP contribution in [-0.2, 0) is 0 Å². The number of hydrogen-bond donors (Lipinski definition) is 0. The van der Waals surface area contributed by atoms with Crippen molar-refractivity contribution in [3.05, 3.63) is 45.7 Å². The molecule has 2 aromatic heterocycles. The molecule has 0 radical (unpaired) electrons. The van der Waals surface area contributed by atoms with Gasteiger partial charge in [0.15, 0.2) is 0 Å². The molecule has 13 heavy (non-hydrogen) atoms. The van der Waals surface area contributed by atoms with Crippen LogP contribution in [0.15, 0.2) is 29.2 Å². The van der Waals surface area contributed by atoms with Crippen LogP contribution in [0, 0.1) is 5.95 Å². The summed E-state index contributed by atoms with van der Waals surface area (Å²) in [6.45, 7) is 0. The molecule has 0 amide bonds. The van der Waals surface area contributed by atoms with Crippen molar-refractivity contribution in [2.75, 3.05) is 0 Å². The van der Waals surface area contributed by atoms with E-state index in [1.54, 1.807) is 6.07 Å². The molecule has 0 bridgehead atoms. The zero-order valence-electron chi connectivity index (χ0n) is 6.37. The summed E-state index contributed by atoms with van der Waals surface area (Å²) in [5.41, 5.74) is -0.237. The third-order valence-corrected chi connectivity index (χ3v) is 1.82. The molecule has 0 spiro atoms. The van der Waals surface area contributed by atoms with Crippen LogP contribution >= 0.6 is 11.6 Å². The molecule has 0 aliphatic rings. The summed E-state index contributed by atoms with van der Waals surface area (Å²) in [6.07, 6.45) is 1.39. The lowest BCUT2D eigenvalue weighted by Crippen LogP contribution is -2.14. The van der Waals surface area contributed by atoms with E-state index in [1.165, 1.54) is 16.7 Å². The van der Waals surface area contributed by atoms with Gasteiger partial charge >= 0.3 is 0 Å². The van der Waals surface area contributed by atoms with Gasteiger partial charge in [-0.3, -0.25) is 9.20 Å². The summed E-state index contributed by atoms with van der Waals surface area (Å²) >= 11 is 5.65. The van der Waals surface area contributed by atoms with E-state index in [9.17, 15) is 9.18 Å². The van der Waals surface area contributed by atoms with Crippen molar-refractivity contribution in [3.63, 3.8) is 0 Å². The number of pyridine rings is 1. The second-order valence-electron chi connectivity index (χ2n) is 2.49. The van der Waals surface area contributed by atoms with E-state index in [1.807, 2.05) is 0 Å². The maximum absolute atomic E-state index is 12.6. The quantitative estimate of drug-likeness (QED) is 0.601. The van der Waals surface area contributed by atoms with Gasteiger partial charge in [-0.1, -0.05) is 11.6 Å². The van der Waals surface area contributed by atoms with Crippen molar-refractivity contribution >= 4 is 17.2 Å². The van der Waals surface area contributed by atoms with Gasteiger partial charge in [0.05, 0.1) is 11.1 Å². The van der Waals surface area contributed by atoms with Gasteiger partial charge in [-0.05, 0) is 12.1 Å². The van der Waals surface area contributed by atoms with Crippen molar-refractivity contribution < 1.29 is 4.39 Å². The third kappa shape index (κ3) is 1.40. The SMILES string of the molecule is O=c1cc(F)nc2ccc(Cl)cn12. The summed E-state index contributed by atoms with van der Waals surface area (Å²) in [4.78, 5) is 14.7. The Hall–Kier alpha value is -1.42. The Morgan fingerprint density at radius 1 is 1.46 bits per heavy atom. The Bertz CT molecular complexity index is 523. The first-order valence-electron chi connectivity index (χ1n) is 3.51. The van der Waals surface area contributed by atoms with Crippen LogP contribution in [0.4, 0.5) is 4.39 Å².